The highest BCUT2D eigenvalue weighted by Gasteiger charge is 2.40. The van der Waals surface area contributed by atoms with Crippen LogP contribution in [0.1, 0.15) is 107 Å². The maximum Gasteiger partial charge on any atom is 0.266 e. The van der Waals surface area contributed by atoms with Gasteiger partial charge in [-0.2, -0.15) is 0 Å². The van der Waals surface area contributed by atoms with E-state index in [0.29, 0.717) is 46.4 Å². The van der Waals surface area contributed by atoms with E-state index in [1.807, 2.05) is 55.5 Å². The van der Waals surface area contributed by atoms with Crippen LogP contribution in [0.15, 0.2) is 127 Å². The molecule has 0 unspecified atom stereocenters. The summed E-state index contributed by atoms with van der Waals surface area (Å²) in [6.07, 6.45) is 1.63. The second-order valence-electron chi connectivity index (χ2n) is 15.7. The number of anilines is 2. The van der Waals surface area contributed by atoms with Gasteiger partial charge in [0.2, 0.25) is 0 Å². The van der Waals surface area contributed by atoms with E-state index in [9.17, 15) is 28.8 Å². The Balaban J connectivity index is 0.861. The first-order chi connectivity index (χ1) is 29.9. The normalized spacial score (nSPS) is 14.4. The molecule has 0 bridgehead atoms. The minimum Gasteiger partial charge on any atom is -0.497 e. The number of nitrogens with zero attached hydrogens (tertiary/aromatic N) is 3. The van der Waals surface area contributed by atoms with Crippen molar-refractivity contribution < 1.29 is 43.0 Å². The summed E-state index contributed by atoms with van der Waals surface area (Å²) in [5, 5.41) is 0. The molecule has 9 rings (SSSR count). The molecule has 6 aromatic carbocycles. The lowest BCUT2D eigenvalue weighted by Gasteiger charge is -2.26. The van der Waals surface area contributed by atoms with Crippen molar-refractivity contribution in [2.24, 2.45) is 0 Å². The van der Waals surface area contributed by atoms with Crippen LogP contribution in [0.25, 0.3) is 0 Å². The minimum atomic E-state index is -0.568. The molecule has 0 saturated heterocycles. The third-order valence-corrected chi connectivity index (χ3v) is 11.6. The molecule has 0 saturated carbocycles. The number of hydrogen-bond acceptors (Lipinski definition) is 9. The summed E-state index contributed by atoms with van der Waals surface area (Å²) in [6, 6.07) is 35.8. The summed E-state index contributed by atoms with van der Waals surface area (Å²) in [5.74, 6) is -0.361. The van der Waals surface area contributed by atoms with Gasteiger partial charge in [-0.25, -0.2) is 9.80 Å². The Labute approximate surface area is 356 Å². The number of methoxy groups -OCH3 is 1. The number of carbonyl (C=O) groups excluding carboxylic acids is 6. The highest BCUT2D eigenvalue weighted by molar-refractivity contribution is 6.36. The zero-order chi connectivity index (χ0) is 43.4. The summed E-state index contributed by atoms with van der Waals surface area (Å²) >= 11 is 0. The van der Waals surface area contributed by atoms with Crippen LogP contribution < -0.4 is 24.0 Å². The molecule has 0 spiro atoms. The van der Waals surface area contributed by atoms with Crippen molar-refractivity contribution in [2.75, 3.05) is 23.5 Å². The smallest absolute Gasteiger partial charge is 0.266 e. The Hall–Kier alpha value is -7.86. The van der Waals surface area contributed by atoms with Crippen molar-refractivity contribution in [2.45, 2.75) is 39.0 Å². The largest absolute Gasteiger partial charge is 0.497 e. The van der Waals surface area contributed by atoms with Crippen LogP contribution in [0.5, 0.6) is 28.7 Å². The molecule has 3 aliphatic rings. The van der Waals surface area contributed by atoms with Gasteiger partial charge in [0, 0.05) is 12.0 Å². The topological polar surface area (TPSA) is 140 Å². The second-order valence-corrected chi connectivity index (χ2v) is 15.7. The van der Waals surface area contributed by atoms with E-state index in [-0.39, 0.29) is 45.4 Å². The van der Waals surface area contributed by atoms with Crippen molar-refractivity contribution in [1.82, 2.24) is 4.90 Å². The van der Waals surface area contributed by atoms with Gasteiger partial charge in [-0.05, 0) is 115 Å². The molecule has 12 heteroatoms. The van der Waals surface area contributed by atoms with E-state index < -0.39 is 29.0 Å². The average Bonchev–Trinajstić information content (AvgIpc) is 3.79. The van der Waals surface area contributed by atoms with Crippen molar-refractivity contribution in [3.63, 3.8) is 0 Å². The molecule has 3 aliphatic heterocycles. The van der Waals surface area contributed by atoms with Gasteiger partial charge in [-0.3, -0.25) is 33.7 Å². The lowest BCUT2D eigenvalue weighted by atomic mass is 9.78. The minimum absolute atomic E-state index is 0.157. The Morgan fingerprint density at radius 1 is 0.452 bits per heavy atom. The number of fused-ring (bicyclic) bond motifs is 3. The molecule has 6 amide bonds. The molecule has 0 aliphatic carbocycles. The number of ether oxygens (including phenoxy) is 3. The fraction of sp³-hybridized carbons (Fsp3) is 0.160. The molecular weight excluding hydrogens is 787 g/mol. The number of imide groups is 3. The van der Waals surface area contributed by atoms with Gasteiger partial charge in [-0.15, -0.1) is 0 Å². The molecule has 0 atom stereocenters. The number of unbranched alkanes of at least 4 members (excludes halogenated alkanes) is 1. The average molecular weight is 826 g/mol. The summed E-state index contributed by atoms with van der Waals surface area (Å²) < 4.78 is 17.5. The fourth-order valence-electron chi connectivity index (χ4n) is 8.04. The van der Waals surface area contributed by atoms with Gasteiger partial charge in [0.05, 0.1) is 51.9 Å². The first-order valence-corrected chi connectivity index (χ1v) is 20.1. The standard InChI is InChI=1S/C50H39N3O9/c1-5-6-24-51-44(54)38-22-19-36(27-41(38)45(51)55)61-33-14-10-29(11-15-33)50(2,3)30-12-16-34(17-13-30)62-37-20-23-40-43(28-37)49(59)53(47(40)57)32-9-7-8-31(25-32)52-46(56)39-21-18-35(60-4)26-42(39)48(52)58/h7-23,25-28H,5-6,24H2,1-4H3. The quantitative estimate of drug-likeness (QED) is 0.110. The molecule has 0 radical (unpaired) electrons. The number of carbonyl (C=O) groups is 6. The van der Waals surface area contributed by atoms with Gasteiger partial charge >= 0.3 is 0 Å². The Morgan fingerprint density at radius 2 is 0.839 bits per heavy atom. The second kappa shape index (κ2) is 15.3. The number of benzene rings is 6. The van der Waals surface area contributed by atoms with E-state index in [2.05, 4.69) is 13.8 Å². The Morgan fingerprint density at radius 3 is 1.31 bits per heavy atom. The predicted molar refractivity (Wildman–Crippen MR) is 230 cm³/mol. The zero-order valence-electron chi connectivity index (χ0n) is 34.3. The van der Waals surface area contributed by atoms with Crippen molar-refractivity contribution in [3.8, 4) is 28.7 Å². The van der Waals surface area contributed by atoms with Crippen LogP contribution >= 0.6 is 0 Å². The predicted octanol–water partition coefficient (Wildman–Crippen LogP) is 9.60. The van der Waals surface area contributed by atoms with E-state index >= 15 is 0 Å². The van der Waals surface area contributed by atoms with E-state index in [1.165, 1.54) is 36.3 Å². The van der Waals surface area contributed by atoms with Crippen molar-refractivity contribution in [3.05, 3.63) is 172 Å². The molecule has 0 fully saturated rings. The maximum absolute atomic E-state index is 13.8. The molecule has 12 nitrogen and oxygen atoms in total. The maximum atomic E-state index is 13.8. The van der Waals surface area contributed by atoms with Crippen molar-refractivity contribution >= 4 is 46.8 Å². The van der Waals surface area contributed by atoms with Crippen LogP contribution in [-0.4, -0.2) is 54.0 Å². The molecule has 6 aromatic rings. The lowest BCUT2D eigenvalue weighted by Crippen LogP contribution is -2.31. The number of amides is 6. The third-order valence-electron chi connectivity index (χ3n) is 11.6. The van der Waals surface area contributed by atoms with E-state index in [4.69, 9.17) is 14.2 Å². The Bertz CT molecular complexity index is 2880. The summed E-state index contributed by atoms with van der Waals surface area (Å²) in [4.78, 5) is 83.0. The third kappa shape index (κ3) is 6.66. The van der Waals surface area contributed by atoms with E-state index in [0.717, 1.165) is 33.8 Å². The number of rotatable bonds is 12. The molecule has 0 aromatic heterocycles. The molecule has 62 heavy (non-hydrogen) atoms. The van der Waals surface area contributed by atoms with Crippen LogP contribution in [0.4, 0.5) is 11.4 Å². The monoisotopic (exact) mass is 825 g/mol. The number of hydrogen-bond donors (Lipinski definition) is 0. The van der Waals surface area contributed by atoms with Gasteiger partial charge in [-0.1, -0.05) is 57.5 Å². The van der Waals surface area contributed by atoms with Gasteiger partial charge in [0.25, 0.3) is 35.4 Å². The lowest BCUT2D eigenvalue weighted by molar-refractivity contribution is 0.0650. The van der Waals surface area contributed by atoms with Gasteiger partial charge in [0.15, 0.2) is 0 Å². The van der Waals surface area contributed by atoms with Crippen LogP contribution in [0.2, 0.25) is 0 Å². The summed E-state index contributed by atoms with van der Waals surface area (Å²) in [6.45, 7) is 6.62. The zero-order valence-corrected chi connectivity index (χ0v) is 34.3. The SMILES string of the molecule is CCCCN1C(=O)c2ccc(Oc3ccc(C(C)(C)c4ccc(Oc5ccc6c(c5)C(=O)N(c5cccc(N7C(=O)c8ccc(OC)cc8C7=O)c5)C6=O)cc4)cc3)cc2C1=O. The van der Waals surface area contributed by atoms with E-state index in [1.54, 1.807) is 54.6 Å². The Kier molecular flexibility index (Phi) is 9.78. The van der Waals surface area contributed by atoms with Crippen LogP contribution in [-0.2, 0) is 5.41 Å². The van der Waals surface area contributed by atoms with Crippen LogP contribution in [0.3, 0.4) is 0 Å². The van der Waals surface area contributed by atoms with Gasteiger partial charge < -0.3 is 14.2 Å². The summed E-state index contributed by atoms with van der Waals surface area (Å²) in [7, 11) is 1.47. The van der Waals surface area contributed by atoms with Crippen molar-refractivity contribution in [1.29, 1.82) is 0 Å². The highest BCUT2D eigenvalue weighted by Crippen LogP contribution is 2.39. The molecule has 3 heterocycles. The first-order valence-electron chi connectivity index (χ1n) is 20.1. The fourth-order valence-corrected chi connectivity index (χ4v) is 8.04. The molecular formula is C50H39N3O9. The highest BCUT2D eigenvalue weighted by atomic mass is 16.5. The summed E-state index contributed by atoms with van der Waals surface area (Å²) in [5.41, 5.74) is 3.58. The molecule has 0 N–H and O–H groups in total. The van der Waals surface area contributed by atoms with Gasteiger partial charge in [0.1, 0.15) is 28.7 Å². The molecule has 308 valence electrons. The van der Waals surface area contributed by atoms with Crippen LogP contribution in [0, 0.1) is 0 Å². The first kappa shape index (κ1) is 39.6.